The van der Waals surface area contributed by atoms with Crippen LogP contribution in [0.3, 0.4) is 0 Å². The standard InChI is InChI=1S/C14H17N5S/c1-3-10-11(4-2)18-19-14(12(10)13(15)16)20-9-5-7-17-8-6-9/h5-8H,3-4H2,1-2H3,(H3,15,16). The van der Waals surface area contributed by atoms with Crippen molar-refractivity contribution in [3.8, 4) is 0 Å². The topological polar surface area (TPSA) is 88.5 Å². The van der Waals surface area contributed by atoms with E-state index in [1.54, 1.807) is 12.4 Å². The van der Waals surface area contributed by atoms with Crippen LogP contribution in [-0.4, -0.2) is 21.0 Å². The van der Waals surface area contributed by atoms with E-state index in [2.05, 4.69) is 15.2 Å². The van der Waals surface area contributed by atoms with Gasteiger partial charge in [0.2, 0.25) is 0 Å². The Bertz CT molecular complexity index is 612. The van der Waals surface area contributed by atoms with Gasteiger partial charge in [-0.1, -0.05) is 25.6 Å². The first-order valence-electron chi connectivity index (χ1n) is 6.48. The van der Waals surface area contributed by atoms with Crippen LogP contribution in [-0.2, 0) is 12.8 Å². The van der Waals surface area contributed by atoms with E-state index >= 15 is 0 Å². The fraction of sp³-hybridized carbons (Fsp3) is 0.286. The summed E-state index contributed by atoms with van der Waals surface area (Å²) in [7, 11) is 0. The second-order valence-electron chi connectivity index (χ2n) is 4.21. The van der Waals surface area contributed by atoms with Gasteiger partial charge in [-0.3, -0.25) is 10.4 Å². The van der Waals surface area contributed by atoms with Crippen molar-refractivity contribution in [2.75, 3.05) is 0 Å². The first-order chi connectivity index (χ1) is 9.67. The predicted octanol–water partition coefficient (Wildman–Crippen LogP) is 2.43. The smallest absolute Gasteiger partial charge is 0.135 e. The molecule has 0 radical (unpaired) electrons. The molecule has 3 N–H and O–H groups in total. The number of rotatable bonds is 5. The molecule has 0 saturated heterocycles. The number of aromatic nitrogens is 3. The van der Waals surface area contributed by atoms with Crippen LogP contribution >= 0.6 is 11.8 Å². The third-order valence-corrected chi connectivity index (χ3v) is 3.93. The number of hydrogen-bond acceptors (Lipinski definition) is 5. The van der Waals surface area contributed by atoms with Gasteiger partial charge in [-0.2, -0.15) is 5.10 Å². The monoisotopic (exact) mass is 287 g/mol. The molecular weight excluding hydrogens is 270 g/mol. The van der Waals surface area contributed by atoms with Crippen LogP contribution in [0.1, 0.15) is 30.7 Å². The van der Waals surface area contributed by atoms with Crippen LogP contribution in [0.4, 0.5) is 0 Å². The third kappa shape index (κ3) is 2.96. The Kier molecular flexibility index (Phi) is 4.68. The van der Waals surface area contributed by atoms with Crippen molar-refractivity contribution >= 4 is 17.6 Å². The molecule has 2 aromatic heterocycles. The van der Waals surface area contributed by atoms with Gasteiger partial charge < -0.3 is 5.73 Å². The second-order valence-corrected chi connectivity index (χ2v) is 5.27. The van der Waals surface area contributed by atoms with E-state index in [1.807, 2.05) is 26.0 Å². The normalized spacial score (nSPS) is 10.5. The van der Waals surface area contributed by atoms with Crippen molar-refractivity contribution in [3.05, 3.63) is 41.3 Å². The van der Waals surface area contributed by atoms with Gasteiger partial charge in [-0.05, 0) is 30.5 Å². The maximum Gasteiger partial charge on any atom is 0.135 e. The van der Waals surface area contributed by atoms with Gasteiger partial charge in [0.05, 0.1) is 11.3 Å². The molecule has 0 aliphatic rings. The summed E-state index contributed by atoms with van der Waals surface area (Å²) >= 11 is 1.46. The maximum atomic E-state index is 7.84. The van der Waals surface area contributed by atoms with Crippen molar-refractivity contribution < 1.29 is 0 Å². The fourth-order valence-electron chi connectivity index (χ4n) is 2.02. The molecule has 104 valence electrons. The highest BCUT2D eigenvalue weighted by Crippen LogP contribution is 2.30. The Morgan fingerprint density at radius 1 is 1.20 bits per heavy atom. The Balaban J connectivity index is 2.50. The molecule has 0 aromatic carbocycles. The zero-order valence-electron chi connectivity index (χ0n) is 11.6. The lowest BCUT2D eigenvalue weighted by molar-refractivity contribution is 0.819. The third-order valence-electron chi connectivity index (χ3n) is 2.95. The molecule has 2 aromatic rings. The largest absolute Gasteiger partial charge is 0.384 e. The zero-order valence-corrected chi connectivity index (χ0v) is 12.4. The van der Waals surface area contributed by atoms with E-state index < -0.39 is 0 Å². The second kappa shape index (κ2) is 6.47. The number of aryl methyl sites for hydroxylation is 1. The molecule has 20 heavy (non-hydrogen) atoms. The summed E-state index contributed by atoms with van der Waals surface area (Å²) in [5, 5.41) is 17.0. The minimum absolute atomic E-state index is 0.0445. The molecule has 0 fully saturated rings. The quantitative estimate of drug-likeness (QED) is 0.651. The van der Waals surface area contributed by atoms with E-state index in [-0.39, 0.29) is 5.84 Å². The Morgan fingerprint density at radius 3 is 2.45 bits per heavy atom. The number of nitrogens with two attached hydrogens (primary N) is 1. The lowest BCUT2D eigenvalue weighted by Gasteiger charge is -2.13. The zero-order chi connectivity index (χ0) is 14.5. The summed E-state index contributed by atoms with van der Waals surface area (Å²) in [5.41, 5.74) is 8.40. The average Bonchev–Trinajstić information content (AvgIpc) is 2.47. The highest BCUT2D eigenvalue weighted by molar-refractivity contribution is 7.99. The highest BCUT2D eigenvalue weighted by atomic mass is 32.2. The molecule has 0 bridgehead atoms. The minimum Gasteiger partial charge on any atom is -0.384 e. The molecule has 0 atom stereocenters. The number of nitrogens with zero attached hydrogens (tertiary/aromatic N) is 3. The van der Waals surface area contributed by atoms with Crippen molar-refractivity contribution in [3.63, 3.8) is 0 Å². The molecule has 6 heteroatoms. The lowest BCUT2D eigenvalue weighted by Crippen LogP contribution is -2.18. The van der Waals surface area contributed by atoms with Crippen LogP contribution in [0, 0.1) is 5.41 Å². The van der Waals surface area contributed by atoms with E-state index in [0.717, 1.165) is 29.0 Å². The molecule has 0 amide bonds. The number of pyridine rings is 1. The molecule has 0 aliphatic carbocycles. The lowest BCUT2D eigenvalue weighted by atomic mass is 10.0. The molecule has 5 nitrogen and oxygen atoms in total. The molecule has 0 spiro atoms. The van der Waals surface area contributed by atoms with E-state index in [1.165, 1.54) is 11.8 Å². The highest BCUT2D eigenvalue weighted by Gasteiger charge is 2.17. The Labute approximate surface area is 122 Å². The van der Waals surface area contributed by atoms with Gasteiger partial charge in [-0.15, -0.1) is 5.10 Å². The fourth-order valence-corrected chi connectivity index (χ4v) is 2.92. The van der Waals surface area contributed by atoms with Crippen molar-refractivity contribution in [2.45, 2.75) is 36.6 Å². The van der Waals surface area contributed by atoms with Gasteiger partial charge in [0.15, 0.2) is 0 Å². The van der Waals surface area contributed by atoms with Crippen molar-refractivity contribution in [1.29, 1.82) is 5.41 Å². The van der Waals surface area contributed by atoms with Crippen molar-refractivity contribution in [2.24, 2.45) is 5.73 Å². The van der Waals surface area contributed by atoms with Crippen LogP contribution in [0.2, 0.25) is 0 Å². The van der Waals surface area contributed by atoms with Crippen LogP contribution in [0.25, 0.3) is 0 Å². The van der Waals surface area contributed by atoms with Crippen LogP contribution < -0.4 is 5.73 Å². The molecule has 2 heterocycles. The molecular formula is C14H17N5S. The summed E-state index contributed by atoms with van der Waals surface area (Å²) in [6, 6.07) is 3.80. The first kappa shape index (κ1) is 14.5. The summed E-state index contributed by atoms with van der Waals surface area (Å²) in [4.78, 5) is 4.99. The molecule has 2 rings (SSSR count). The van der Waals surface area contributed by atoms with E-state index in [0.29, 0.717) is 10.6 Å². The van der Waals surface area contributed by atoms with Crippen molar-refractivity contribution in [1.82, 2.24) is 15.2 Å². The first-order valence-corrected chi connectivity index (χ1v) is 7.29. The number of nitrogens with one attached hydrogen (secondary N) is 1. The number of nitrogen functional groups attached to an aromatic ring is 1. The average molecular weight is 287 g/mol. The van der Waals surface area contributed by atoms with Gasteiger partial charge >= 0.3 is 0 Å². The summed E-state index contributed by atoms with van der Waals surface area (Å²) < 4.78 is 0. The van der Waals surface area contributed by atoms with Crippen LogP contribution in [0.15, 0.2) is 34.4 Å². The van der Waals surface area contributed by atoms with E-state index in [9.17, 15) is 0 Å². The maximum absolute atomic E-state index is 7.84. The molecule has 0 aliphatic heterocycles. The minimum atomic E-state index is 0.0445. The summed E-state index contributed by atoms with van der Waals surface area (Å²) in [6.45, 7) is 4.08. The van der Waals surface area contributed by atoms with Gasteiger partial charge in [0, 0.05) is 17.3 Å². The van der Waals surface area contributed by atoms with Gasteiger partial charge in [0.25, 0.3) is 0 Å². The molecule has 0 saturated carbocycles. The Morgan fingerprint density at radius 2 is 1.90 bits per heavy atom. The van der Waals surface area contributed by atoms with E-state index in [4.69, 9.17) is 11.1 Å². The van der Waals surface area contributed by atoms with Gasteiger partial charge in [0.1, 0.15) is 10.9 Å². The summed E-state index contributed by atoms with van der Waals surface area (Å²) in [5.74, 6) is 0.0445. The van der Waals surface area contributed by atoms with Gasteiger partial charge in [-0.25, -0.2) is 0 Å². The predicted molar refractivity (Wildman–Crippen MR) is 80.2 cm³/mol. The molecule has 0 unspecified atom stereocenters. The SMILES string of the molecule is CCc1nnc(Sc2ccncc2)c(C(=N)N)c1CC. The Hall–Kier alpha value is -1.95. The summed E-state index contributed by atoms with van der Waals surface area (Å²) in [6.07, 6.45) is 5.03. The van der Waals surface area contributed by atoms with Crippen LogP contribution in [0.5, 0.6) is 0 Å². The number of amidine groups is 1. The number of hydrogen-bond donors (Lipinski definition) is 2.